The van der Waals surface area contributed by atoms with Gasteiger partial charge in [0, 0.05) is 22.3 Å². The molecular weight excluding hydrogens is 376 g/mol. The number of allylic oxidation sites excluding steroid dienone is 1. The van der Waals surface area contributed by atoms with Crippen molar-refractivity contribution >= 4 is 27.9 Å². The number of rotatable bonds is 5. The number of methoxy groups -OCH3 is 2. The van der Waals surface area contributed by atoms with Crippen molar-refractivity contribution < 1.29 is 19.1 Å². The number of esters is 1. The molecule has 0 fully saturated rings. The minimum Gasteiger partial charge on any atom is -0.496 e. The number of carbonyl (C=O) groups is 2. The predicted octanol–water partition coefficient (Wildman–Crippen LogP) is 3.38. The van der Waals surface area contributed by atoms with Gasteiger partial charge in [-0.3, -0.25) is 4.90 Å². The summed E-state index contributed by atoms with van der Waals surface area (Å²) in [5.41, 5.74) is 1.69. The number of hydrogen-bond donors (Lipinski definition) is 1. The van der Waals surface area contributed by atoms with Crippen LogP contribution in [0.1, 0.15) is 31.9 Å². The first-order valence-corrected chi connectivity index (χ1v) is 8.44. The van der Waals surface area contributed by atoms with Gasteiger partial charge in [-0.15, -0.1) is 0 Å². The maximum atomic E-state index is 12.5. The zero-order chi connectivity index (χ0) is 17.9. The molecule has 1 aliphatic rings. The summed E-state index contributed by atoms with van der Waals surface area (Å²) in [4.78, 5) is 26.4. The summed E-state index contributed by atoms with van der Waals surface area (Å²) >= 11 is 3.42. The number of nitrogens with zero attached hydrogens (tertiary/aromatic N) is 1. The van der Waals surface area contributed by atoms with Gasteiger partial charge in [-0.1, -0.05) is 22.9 Å². The fourth-order valence-corrected chi connectivity index (χ4v) is 3.19. The molecule has 0 saturated carbocycles. The highest BCUT2D eigenvalue weighted by Crippen LogP contribution is 2.37. The molecule has 2 rings (SSSR count). The lowest BCUT2D eigenvalue weighted by atomic mass is 9.94. The highest BCUT2D eigenvalue weighted by Gasteiger charge is 2.37. The van der Waals surface area contributed by atoms with E-state index in [1.54, 1.807) is 25.0 Å². The zero-order valence-corrected chi connectivity index (χ0v) is 15.8. The van der Waals surface area contributed by atoms with Crippen LogP contribution in [0.5, 0.6) is 5.75 Å². The maximum Gasteiger partial charge on any atom is 0.337 e. The average molecular weight is 397 g/mol. The molecule has 6 nitrogen and oxygen atoms in total. The second-order valence-corrected chi connectivity index (χ2v) is 6.33. The first-order chi connectivity index (χ1) is 11.4. The number of amides is 2. The van der Waals surface area contributed by atoms with E-state index in [0.717, 1.165) is 10.9 Å². The van der Waals surface area contributed by atoms with E-state index in [1.807, 2.05) is 19.1 Å². The van der Waals surface area contributed by atoms with Crippen LogP contribution in [-0.4, -0.2) is 37.7 Å². The molecule has 0 radical (unpaired) electrons. The quantitative estimate of drug-likeness (QED) is 0.774. The smallest absolute Gasteiger partial charge is 0.337 e. The van der Waals surface area contributed by atoms with E-state index in [-0.39, 0.29) is 6.03 Å². The van der Waals surface area contributed by atoms with Crippen LogP contribution in [0.4, 0.5) is 4.79 Å². The molecule has 1 heterocycles. The van der Waals surface area contributed by atoms with Gasteiger partial charge in [-0.2, -0.15) is 0 Å². The van der Waals surface area contributed by atoms with Gasteiger partial charge >= 0.3 is 12.0 Å². The third-order valence-electron chi connectivity index (χ3n) is 3.95. The molecule has 130 valence electrons. The molecule has 2 amide bonds. The van der Waals surface area contributed by atoms with Gasteiger partial charge < -0.3 is 14.8 Å². The lowest BCUT2D eigenvalue weighted by Crippen LogP contribution is -2.48. The maximum absolute atomic E-state index is 12.5. The summed E-state index contributed by atoms with van der Waals surface area (Å²) < 4.78 is 11.2. The van der Waals surface area contributed by atoms with Crippen LogP contribution in [0.25, 0.3) is 0 Å². The Bertz CT molecular complexity index is 687. The van der Waals surface area contributed by atoms with Gasteiger partial charge in [0.1, 0.15) is 5.75 Å². The highest BCUT2D eigenvalue weighted by atomic mass is 79.9. The lowest BCUT2D eigenvalue weighted by molar-refractivity contribution is -0.136. The topological polar surface area (TPSA) is 67.9 Å². The van der Waals surface area contributed by atoms with Crippen molar-refractivity contribution in [2.24, 2.45) is 0 Å². The van der Waals surface area contributed by atoms with E-state index in [2.05, 4.69) is 21.2 Å². The van der Waals surface area contributed by atoms with Crippen molar-refractivity contribution in [1.29, 1.82) is 0 Å². The summed E-state index contributed by atoms with van der Waals surface area (Å²) in [5.74, 6) is 0.113. The fourth-order valence-electron chi connectivity index (χ4n) is 2.81. The first-order valence-electron chi connectivity index (χ1n) is 7.65. The zero-order valence-electron chi connectivity index (χ0n) is 14.2. The van der Waals surface area contributed by atoms with Crippen LogP contribution in [0.3, 0.4) is 0 Å². The molecule has 0 spiro atoms. The molecule has 1 aromatic rings. The Labute approximate surface area is 149 Å². The SMILES string of the molecule is CCCN1C(=O)N[C@@H](c2cc(Br)ccc2OC)C(C(=O)OC)=C1C. The molecule has 0 aromatic heterocycles. The Morgan fingerprint density at radius 3 is 2.67 bits per heavy atom. The largest absolute Gasteiger partial charge is 0.496 e. The predicted molar refractivity (Wildman–Crippen MR) is 93.7 cm³/mol. The van der Waals surface area contributed by atoms with Gasteiger partial charge in [0.2, 0.25) is 0 Å². The summed E-state index contributed by atoms with van der Waals surface area (Å²) in [7, 11) is 2.88. The van der Waals surface area contributed by atoms with Gasteiger partial charge in [0.25, 0.3) is 0 Å². The summed E-state index contributed by atoms with van der Waals surface area (Å²) in [6, 6.07) is 4.58. The van der Waals surface area contributed by atoms with Crippen molar-refractivity contribution in [3.8, 4) is 5.75 Å². The summed E-state index contributed by atoms with van der Waals surface area (Å²) in [6.07, 6.45) is 0.782. The Morgan fingerprint density at radius 1 is 1.38 bits per heavy atom. The summed E-state index contributed by atoms with van der Waals surface area (Å²) in [5, 5.41) is 2.89. The van der Waals surface area contributed by atoms with Crippen LogP contribution in [0, 0.1) is 0 Å². The number of urea groups is 1. The number of ether oxygens (including phenoxy) is 2. The Balaban J connectivity index is 2.62. The number of halogens is 1. The standard InChI is InChI=1S/C17H21BrN2O4/c1-5-8-20-10(2)14(16(21)24-4)15(19-17(20)22)12-9-11(18)6-7-13(12)23-3/h6-7,9,15H,5,8H2,1-4H3,(H,19,22)/t15-/m0/s1. The minimum atomic E-state index is -0.634. The molecule has 24 heavy (non-hydrogen) atoms. The molecule has 0 unspecified atom stereocenters. The molecule has 1 aromatic carbocycles. The fraction of sp³-hybridized carbons (Fsp3) is 0.412. The molecule has 0 saturated heterocycles. The van der Waals surface area contributed by atoms with Gasteiger partial charge in [0.05, 0.1) is 25.8 Å². The molecule has 1 N–H and O–H groups in total. The average Bonchev–Trinajstić information content (AvgIpc) is 2.57. The van der Waals surface area contributed by atoms with Crippen molar-refractivity contribution in [2.45, 2.75) is 26.3 Å². The van der Waals surface area contributed by atoms with Gasteiger partial charge in [-0.25, -0.2) is 9.59 Å². The number of hydrogen-bond acceptors (Lipinski definition) is 4. The number of carbonyl (C=O) groups excluding carboxylic acids is 2. The Kier molecular flexibility index (Phi) is 5.88. The van der Waals surface area contributed by atoms with Crippen LogP contribution in [0.15, 0.2) is 33.9 Å². The third-order valence-corrected chi connectivity index (χ3v) is 4.44. The van der Waals surface area contributed by atoms with E-state index >= 15 is 0 Å². The van der Waals surface area contributed by atoms with E-state index in [9.17, 15) is 9.59 Å². The normalized spacial score (nSPS) is 17.6. The summed E-state index contributed by atoms with van der Waals surface area (Å²) in [6.45, 7) is 4.26. The number of nitrogens with one attached hydrogen (secondary N) is 1. The molecule has 1 atom stereocenters. The lowest BCUT2D eigenvalue weighted by Gasteiger charge is -2.35. The van der Waals surface area contributed by atoms with Crippen LogP contribution >= 0.6 is 15.9 Å². The first kappa shape index (κ1) is 18.3. The second-order valence-electron chi connectivity index (χ2n) is 5.41. The number of benzene rings is 1. The van der Waals surface area contributed by atoms with Crippen molar-refractivity contribution in [1.82, 2.24) is 10.2 Å². The molecule has 1 aliphatic heterocycles. The van der Waals surface area contributed by atoms with E-state index in [1.165, 1.54) is 7.11 Å². The molecular formula is C17H21BrN2O4. The Morgan fingerprint density at radius 2 is 2.08 bits per heavy atom. The monoisotopic (exact) mass is 396 g/mol. The Hall–Kier alpha value is -2.02. The van der Waals surface area contributed by atoms with E-state index in [0.29, 0.717) is 29.1 Å². The minimum absolute atomic E-state index is 0.242. The molecule has 0 aliphatic carbocycles. The highest BCUT2D eigenvalue weighted by molar-refractivity contribution is 9.10. The van der Waals surface area contributed by atoms with Crippen LogP contribution < -0.4 is 10.1 Å². The van der Waals surface area contributed by atoms with Crippen molar-refractivity contribution in [2.75, 3.05) is 20.8 Å². The van der Waals surface area contributed by atoms with Gasteiger partial charge in [-0.05, 0) is 31.5 Å². The van der Waals surface area contributed by atoms with E-state index < -0.39 is 12.0 Å². The third kappa shape index (κ3) is 3.40. The van der Waals surface area contributed by atoms with Crippen molar-refractivity contribution in [3.05, 3.63) is 39.5 Å². The van der Waals surface area contributed by atoms with Gasteiger partial charge in [0.15, 0.2) is 0 Å². The van der Waals surface area contributed by atoms with Crippen LogP contribution in [-0.2, 0) is 9.53 Å². The molecule has 0 bridgehead atoms. The van der Waals surface area contributed by atoms with E-state index in [4.69, 9.17) is 9.47 Å². The second kappa shape index (κ2) is 7.70. The molecule has 7 heteroatoms. The van der Waals surface area contributed by atoms with Crippen LogP contribution in [0.2, 0.25) is 0 Å². The van der Waals surface area contributed by atoms with Crippen molar-refractivity contribution in [3.63, 3.8) is 0 Å².